The van der Waals surface area contributed by atoms with Crippen LogP contribution in [-0.4, -0.2) is 40.1 Å². The lowest BCUT2D eigenvalue weighted by molar-refractivity contribution is -0.118. The first-order valence-corrected chi connectivity index (χ1v) is 10.1. The van der Waals surface area contributed by atoms with Crippen molar-refractivity contribution in [3.8, 4) is 11.3 Å². The molecule has 148 valence electrons. The third-order valence-corrected chi connectivity index (χ3v) is 5.14. The highest BCUT2D eigenvalue weighted by atomic mass is 35.5. The molecule has 0 aliphatic rings. The summed E-state index contributed by atoms with van der Waals surface area (Å²) in [5.74, 6) is 1.58. The topological polar surface area (TPSA) is 82.2 Å². The van der Waals surface area contributed by atoms with Gasteiger partial charge < -0.3 is 19.0 Å². The quantitative estimate of drug-likeness (QED) is 0.398. The maximum Gasteiger partial charge on any atom is 0.230 e. The zero-order valence-electron chi connectivity index (χ0n) is 15.4. The average molecular weight is 421 g/mol. The number of rotatable bonds is 10. The summed E-state index contributed by atoms with van der Waals surface area (Å²) < 4.78 is 12.7. The lowest BCUT2D eigenvalue weighted by Gasteiger charge is -2.06. The van der Waals surface area contributed by atoms with E-state index in [0.29, 0.717) is 29.1 Å². The molecule has 1 aromatic carbocycles. The largest absolute Gasteiger partial charge is 0.459 e. The number of aryl methyl sites for hydroxylation is 1. The van der Waals surface area contributed by atoms with Gasteiger partial charge in [-0.15, -0.1) is 10.2 Å². The van der Waals surface area contributed by atoms with Crippen molar-refractivity contribution in [2.45, 2.75) is 24.7 Å². The molecule has 0 bridgehead atoms. The minimum atomic E-state index is -0.0964. The van der Waals surface area contributed by atoms with E-state index in [2.05, 4.69) is 15.5 Å². The molecule has 2 heterocycles. The van der Waals surface area contributed by atoms with Gasteiger partial charge in [-0.2, -0.15) is 0 Å². The second kappa shape index (κ2) is 10.3. The maximum absolute atomic E-state index is 12.1. The highest BCUT2D eigenvalue weighted by molar-refractivity contribution is 7.99. The number of furan rings is 1. The van der Waals surface area contributed by atoms with Gasteiger partial charge in [0.2, 0.25) is 5.91 Å². The van der Waals surface area contributed by atoms with Crippen molar-refractivity contribution in [2.24, 2.45) is 0 Å². The highest BCUT2D eigenvalue weighted by Crippen LogP contribution is 2.23. The van der Waals surface area contributed by atoms with Gasteiger partial charge in [-0.25, -0.2) is 0 Å². The van der Waals surface area contributed by atoms with Crippen LogP contribution in [0.3, 0.4) is 0 Å². The molecule has 3 aromatic rings. The average Bonchev–Trinajstić information content (AvgIpc) is 3.35. The number of carbonyl (C=O) groups is 1. The van der Waals surface area contributed by atoms with E-state index in [0.717, 1.165) is 24.3 Å². The van der Waals surface area contributed by atoms with Gasteiger partial charge in [0.25, 0.3) is 0 Å². The predicted octanol–water partition coefficient (Wildman–Crippen LogP) is 3.64. The number of benzene rings is 1. The number of nitrogens with zero attached hydrogens (tertiary/aromatic N) is 3. The Labute approximate surface area is 172 Å². The van der Waals surface area contributed by atoms with Gasteiger partial charge in [0.15, 0.2) is 5.16 Å². The molecular weight excluding hydrogens is 400 g/mol. The maximum atomic E-state index is 12.1. The number of nitrogens with one attached hydrogen (secondary N) is 1. The summed E-state index contributed by atoms with van der Waals surface area (Å²) in [6.45, 7) is 1.75. The molecule has 0 aliphatic carbocycles. The van der Waals surface area contributed by atoms with E-state index < -0.39 is 0 Å². The van der Waals surface area contributed by atoms with Crippen molar-refractivity contribution in [2.75, 3.05) is 19.5 Å². The molecule has 0 saturated heterocycles. The van der Waals surface area contributed by atoms with Crippen LogP contribution < -0.4 is 5.32 Å². The van der Waals surface area contributed by atoms with Gasteiger partial charge in [0.1, 0.15) is 17.8 Å². The SMILES string of the molecule is COCCCn1cnnc1SCC(=O)NCc1ccc(-c2ccc(Cl)cc2)o1. The molecule has 0 radical (unpaired) electrons. The van der Waals surface area contributed by atoms with Crippen LogP contribution in [0.15, 0.2) is 52.3 Å². The van der Waals surface area contributed by atoms with E-state index in [1.165, 1.54) is 11.8 Å². The first-order chi connectivity index (χ1) is 13.7. The first-order valence-electron chi connectivity index (χ1n) is 8.76. The van der Waals surface area contributed by atoms with E-state index in [4.69, 9.17) is 20.8 Å². The number of amides is 1. The minimum Gasteiger partial charge on any atom is -0.459 e. The second-order valence-electron chi connectivity index (χ2n) is 5.99. The first kappa shape index (κ1) is 20.4. The molecule has 0 unspecified atom stereocenters. The van der Waals surface area contributed by atoms with Gasteiger partial charge in [0.05, 0.1) is 12.3 Å². The summed E-state index contributed by atoms with van der Waals surface area (Å²) >= 11 is 7.25. The molecule has 0 fully saturated rings. The van der Waals surface area contributed by atoms with Crippen molar-refractivity contribution in [1.82, 2.24) is 20.1 Å². The number of hydrogen-bond acceptors (Lipinski definition) is 6. The van der Waals surface area contributed by atoms with Crippen LogP contribution in [0.1, 0.15) is 12.2 Å². The molecule has 3 rings (SSSR count). The molecule has 1 amide bonds. The minimum absolute atomic E-state index is 0.0964. The van der Waals surface area contributed by atoms with E-state index in [1.807, 2.05) is 41.0 Å². The Balaban J connectivity index is 1.45. The van der Waals surface area contributed by atoms with E-state index in [9.17, 15) is 4.79 Å². The fourth-order valence-electron chi connectivity index (χ4n) is 2.50. The monoisotopic (exact) mass is 420 g/mol. The van der Waals surface area contributed by atoms with Crippen molar-refractivity contribution < 1.29 is 13.9 Å². The third-order valence-electron chi connectivity index (χ3n) is 3.91. The number of ether oxygens (including phenoxy) is 1. The summed E-state index contributed by atoms with van der Waals surface area (Å²) in [6.07, 6.45) is 2.53. The summed E-state index contributed by atoms with van der Waals surface area (Å²) in [5, 5.41) is 12.2. The summed E-state index contributed by atoms with van der Waals surface area (Å²) in [6, 6.07) is 11.1. The number of aromatic nitrogens is 3. The fourth-order valence-corrected chi connectivity index (χ4v) is 3.40. The Hall–Kier alpha value is -2.29. The molecule has 7 nitrogen and oxygen atoms in total. The summed E-state index contributed by atoms with van der Waals surface area (Å²) in [7, 11) is 1.67. The molecule has 2 aromatic heterocycles. The molecular formula is C19H21ClN4O3S. The normalized spacial score (nSPS) is 10.9. The third kappa shape index (κ3) is 5.85. The van der Waals surface area contributed by atoms with Crippen molar-refractivity contribution in [1.29, 1.82) is 0 Å². The number of thioether (sulfide) groups is 1. The molecule has 28 heavy (non-hydrogen) atoms. The lowest BCUT2D eigenvalue weighted by atomic mass is 10.2. The smallest absolute Gasteiger partial charge is 0.230 e. The molecule has 0 atom stereocenters. The van der Waals surface area contributed by atoms with Crippen molar-refractivity contribution >= 4 is 29.3 Å². The molecule has 0 spiro atoms. The Morgan fingerprint density at radius 2 is 2.11 bits per heavy atom. The van der Waals surface area contributed by atoms with Crippen LogP contribution in [0.4, 0.5) is 0 Å². The summed E-state index contributed by atoms with van der Waals surface area (Å²) in [5.41, 5.74) is 0.936. The van der Waals surface area contributed by atoms with Crippen LogP contribution >= 0.6 is 23.4 Å². The molecule has 0 saturated carbocycles. The zero-order valence-corrected chi connectivity index (χ0v) is 17.0. The number of hydrogen-bond donors (Lipinski definition) is 1. The number of carbonyl (C=O) groups excluding carboxylic acids is 1. The van der Waals surface area contributed by atoms with Crippen LogP contribution in [0.2, 0.25) is 5.02 Å². The Kier molecular flexibility index (Phi) is 7.53. The van der Waals surface area contributed by atoms with Gasteiger partial charge in [0, 0.05) is 30.8 Å². The molecule has 1 N–H and O–H groups in total. The lowest BCUT2D eigenvalue weighted by Crippen LogP contribution is -2.24. The van der Waals surface area contributed by atoms with Crippen molar-refractivity contribution in [3.63, 3.8) is 0 Å². The van der Waals surface area contributed by atoms with Crippen LogP contribution in [0, 0.1) is 0 Å². The Morgan fingerprint density at radius 3 is 2.89 bits per heavy atom. The Bertz CT molecular complexity index is 895. The molecule has 0 aliphatic heterocycles. The number of methoxy groups -OCH3 is 1. The van der Waals surface area contributed by atoms with Crippen LogP contribution in [0.5, 0.6) is 0 Å². The Morgan fingerprint density at radius 1 is 1.29 bits per heavy atom. The summed E-state index contributed by atoms with van der Waals surface area (Å²) in [4.78, 5) is 12.1. The molecule has 9 heteroatoms. The van der Waals surface area contributed by atoms with Gasteiger partial charge in [-0.3, -0.25) is 4.79 Å². The van der Waals surface area contributed by atoms with Crippen LogP contribution in [0.25, 0.3) is 11.3 Å². The van der Waals surface area contributed by atoms with E-state index in [1.54, 1.807) is 13.4 Å². The van der Waals surface area contributed by atoms with Crippen molar-refractivity contribution in [3.05, 3.63) is 53.5 Å². The predicted molar refractivity (Wildman–Crippen MR) is 108 cm³/mol. The van der Waals surface area contributed by atoms with E-state index in [-0.39, 0.29) is 11.7 Å². The highest BCUT2D eigenvalue weighted by Gasteiger charge is 2.10. The van der Waals surface area contributed by atoms with E-state index >= 15 is 0 Å². The van der Waals surface area contributed by atoms with Gasteiger partial charge >= 0.3 is 0 Å². The van der Waals surface area contributed by atoms with Gasteiger partial charge in [-0.05, 0) is 42.8 Å². The standard InChI is InChI=1S/C19H21ClN4O3S/c1-26-10-2-9-24-13-22-23-19(24)28-12-18(25)21-11-16-7-8-17(27-16)14-3-5-15(20)6-4-14/h3-8,13H,2,9-12H2,1H3,(H,21,25). The van der Waals surface area contributed by atoms with Crippen LogP contribution in [-0.2, 0) is 22.6 Å². The second-order valence-corrected chi connectivity index (χ2v) is 7.37. The van der Waals surface area contributed by atoms with Gasteiger partial charge in [-0.1, -0.05) is 23.4 Å². The zero-order chi connectivity index (χ0) is 19.8. The fraction of sp³-hybridized carbons (Fsp3) is 0.316. The number of halogens is 1.